The van der Waals surface area contributed by atoms with E-state index in [0.717, 1.165) is 23.9 Å². The molecule has 0 atom stereocenters. The van der Waals surface area contributed by atoms with Crippen molar-refractivity contribution in [2.75, 3.05) is 0 Å². The van der Waals surface area contributed by atoms with Crippen molar-refractivity contribution in [3.05, 3.63) is 79.8 Å². The molecular weight excluding hydrogens is 508 g/mol. The topological polar surface area (TPSA) is 54.6 Å². The highest BCUT2D eigenvalue weighted by Crippen LogP contribution is 2.39. The molecule has 1 saturated heterocycles. The van der Waals surface area contributed by atoms with Gasteiger partial charge in [0.2, 0.25) is 0 Å². The van der Waals surface area contributed by atoms with E-state index in [0.29, 0.717) is 27.1 Å². The number of benzene rings is 2. The lowest BCUT2D eigenvalue weighted by Crippen LogP contribution is -2.19. The van der Waals surface area contributed by atoms with Gasteiger partial charge in [-0.3, -0.25) is 4.79 Å². The Hall–Kier alpha value is -2.39. The van der Waals surface area contributed by atoms with Gasteiger partial charge in [-0.05, 0) is 60.3 Å². The summed E-state index contributed by atoms with van der Waals surface area (Å²) < 4.78 is 45.6. The predicted octanol–water partition coefficient (Wildman–Crippen LogP) is 7.82. The van der Waals surface area contributed by atoms with E-state index < -0.39 is 17.6 Å². The zero-order valence-electron chi connectivity index (χ0n) is 15.6. The van der Waals surface area contributed by atoms with Crippen LogP contribution in [-0.4, -0.2) is 11.1 Å². The number of carbonyl (C=O) groups excluding carboxylic acids is 1. The van der Waals surface area contributed by atoms with Crippen LogP contribution in [0.4, 0.5) is 18.9 Å². The predicted molar refractivity (Wildman–Crippen MR) is 121 cm³/mol. The molecule has 1 aromatic heterocycles. The third kappa shape index (κ3) is 4.99. The first-order chi connectivity index (χ1) is 15.1. The maximum absolute atomic E-state index is 13.3. The van der Waals surface area contributed by atoms with E-state index >= 15 is 0 Å². The Balaban J connectivity index is 1.60. The molecule has 164 valence electrons. The van der Waals surface area contributed by atoms with Gasteiger partial charge in [0.25, 0.3) is 5.91 Å². The highest BCUT2D eigenvalue weighted by molar-refractivity contribution is 8.18. The first-order valence-electron chi connectivity index (χ1n) is 8.82. The summed E-state index contributed by atoms with van der Waals surface area (Å²) in [6.45, 7) is 0. The number of aliphatic imine (C=N–C) groups is 1. The van der Waals surface area contributed by atoms with Gasteiger partial charge in [-0.25, -0.2) is 4.99 Å². The maximum Gasteiger partial charge on any atom is 0.418 e. The average molecular weight is 518 g/mol. The number of hydrogen-bond acceptors (Lipinski definition) is 4. The summed E-state index contributed by atoms with van der Waals surface area (Å²) in [5, 5.41) is 3.29. The molecule has 11 heteroatoms. The summed E-state index contributed by atoms with van der Waals surface area (Å²) in [6, 6.07) is 11.4. The van der Waals surface area contributed by atoms with Crippen LogP contribution in [0.1, 0.15) is 11.3 Å². The Labute approximate surface area is 199 Å². The molecule has 0 radical (unpaired) electrons. The van der Waals surface area contributed by atoms with Crippen molar-refractivity contribution in [2.45, 2.75) is 6.18 Å². The number of carbonyl (C=O) groups is 1. The standard InChI is InChI=1S/C21H10Cl3F3N2O2S/c22-10-1-4-15(24)13(7-10)17-6-3-12(31-17)9-18-19(30)29-20(32-18)28-16-5-2-11(23)8-14(16)21(25,26)27/h1-9H,(H,28,29,30). The number of amidine groups is 1. The number of furan rings is 1. The minimum absolute atomic E-state index is 0.00117. The van der Waals surface area contributed by atoms with E-state index in [-0.39, 0.29) is 20.8 Å². The number of hydrogen-bond donors (Lipinski definition) is 1. The minimum Gasteiger partial charge on any atom is -0.457 e. The van der Waals surface area contributed by atoms with Crippen molar-refractivity contribution >= 4 is 69.4 Å². The van der Waals surface area contributed by atoms with Gasteiger partial charge in [0.15, 0.2) is 5.17 Å². The molecule has 0 spiro atoms. The van der Waals surface area contributed by atoms with Crippen LogP contribution in [0.25, 0.3) is 17.4 Å². The van der Waals surface area contributed by atoms with Crippen molar-refractivity contribution in [3.63, 3.8) is 0 Å². The number of halogens is 6. The number of thioether (sulfide) groups is 1. The highest BCUT2D eigenvalue weighted by atomic mass is 35.5. The zero-order valence-corrected chi connectivity index (χ0v) is 18.7. The van der Waals surface area contributed by atoms with Gasteiger partial charge >= 0.3 is 6.18 Å². The van der Waals surface area contributed by atoms with E-state index in [9.17, 15) is 18.0 Å². The van der Waals surface area contributed by atoms with Crippen LogP contribution >= 0.6 is 46.6 Å². The quantitative estimate of drug-likeness (QED) is 0.360. The molecule has 4 nitrogen and oxygen atoms in total. The number of nitrogens with zero attached hydrogens (tertiary/aromatic N) is 1. The number of nitrogens with one attached hydrogen (secondary N) is 1. The summed E-state index contributed by atoms with van der Waals surface area (Å²) in [5.41, 5.74) is -0.780. The first kappa shape index (κ1) is 22.8. The Morgan fingerprint density at radius 2 is 1.72 bits per heavy atom. The van der Waals surface area contributed by atoms with E-state index in [1.165, 1.54) is 12.1 Å². The smallest absolute Gasteiger partial charge is 0.418 e. The van der Waals surface area contributed by atoms with Gasteiger partial charge in [-0.15, -0.1) is 0 Å². The van der Waals surface area contributed by atoms with Gasteiger partial charge in [0.1, 0.15) is 11.5 Å². The van der Waals surface area contributed by atoms with Crippen molar-refractivity contribution in [1.82, 2.24) is 5.32 Å². The fourth-order valence-electron chi connectivity index (χ4n) is 2.81. The molecule has 4 rings (SSSR count). The van der Waals surface area contributed by atoms with Crippen LogP contribution < -0.4 is 5.32 Å². The van der Waals surface area contributed by atoms with Crippen LogP contribution in [0.2, 0.25) is 15.1 Å². The van der Waals surface area contributed by atoms with Gasteiger partial charge in [-0.2, -0.15) is 13.2 Å². The summed E-state index contributed by atoms with van der Waals surface area (Å²) in [4.78, 5) is 16.4. The average Bonchev–Trinajstić information content (AvgIpc) is 3.31. The van der Waals surface area contributed by atoms with Crippen LogP contribution in [-0.2, 0) is 11.0 Å². The molecule has 0 saturated carbocycles. The lowest BCUT2D eigenvalue weighted by atomic mass is 10.2. The number of alkyl halides is 3. The lowest BCUT2D eigenvalue weighted by molar-refractivity contribution is -0.137. The Bertz CT molecular complexity index is 1290. The highest BCUT2D eigenvalue weighted by Gasteiger charge is 2.34. The molecule has 1 aliphatic rings. The Morgan fingerprint density at radius 3 is 2.47 bits per heavy atom. The molecule has 1 aliphatic heterocycles. The summed E-state index contributed by atoms with van der Waals surface area (Å²) in [6.07, 6.45) is -3.20. The molecule has 3 aromatic rings. The third-order valence-corrected chi connectivity index (χ3v) is 5.94. The summed E-state index contributed by atoms with van der Waals surface area (Å²) >= 11 is 18.7. The molecule has 0 aliphatic carbocycles. The SMILES string of the molecule is O=C1NC(=Nc2ccc(Cl)cc2C(F)(F)F)SC1=Cc1ccc(-c2cc(Cl)ccc2Cl)o1. The molecule has 2 heterocycles. The second kappa shape index (κ2) is 8.86. The second-order valence-corrected chi connectivity index (χ2v) is 8.78. The lowest BCUT2D eigenvalue weighted by Gasteiger charge is -2.10. The fraction of sp³-hybridized carbons (Fsp3) is 0.0476. The van der Waals surface area contributed by atoms with Gasteiger partial charge < -0.3 is 9.73 Å². The normalized spacial score (nSPS) is 16.8. The van der Waals surface area contributed by atoms with Gasteiger partial charge in [0, 0.05) is 21.7 Å². The second-order valence-electron chi connectivity index (χ2n) is 6.47. The fourth-order valence-corrected chi connectivity index (χ4v) is 4.18. The van der Waals surface area contributed by atoms with Gasteiger partial charge in [0.05, 0.1) is 21.2 Å². The van der Waals surface area contributed by atoms with Crippen molar-refractivity contribution in [3.8, 4) is 11.3 Å². The Morgan fingerprint density at radius 1 is 1.00 bits per heavy atom. The van der Waals surface area contributed by atoms with Crippen molar-refractivity contribution < 1.29 is 22.4 Å². The molecule has 1 amide bonds. The molecule has 0 bridgehead atoms. The molecule has 32 heavy (non-hydrogen) atoms. The molecule has 0 unspecified atom stereocenters. The van der Waals surface area contributed by atoms with E-state index in [1.807, 2.05) is 0 Å². The molecule has 1 N–H and O–H groups in total. The van der Waals surface area contributed by atoms with Crippen LogP contribution in [0, 0.1) is 0 Å². The van der Waals surface area contributed by atoms with E-state index in [4.69, 9.17) is 39.2 Å². The van der Waals surface area contributed by atoms with Crippen LogP contribution in [0.5, 0.6) is 0 Å². The molecule has 2 aromatic carbocycles. The largest absolute Gasteiger partial charge is 0.457 e. The van der Waals surface area contributed by atoms with Crippen molar-refractivity contribution in [2.24, 2.45) is 4.99 Å². The van der Waals surface area contributed by atoms with Gasteiger partial charge in [-0.1, -0.05) is 34.8 Å². The van der Waals surface area contributed by atoms with Crippen LogP contribution in [0.3, 0.4) is 0 Å². The number of rotatable bonds is 3. The maximum atomic E-state index is 13.3. The number of amides is 1. The third-order valence-electron chi connectivity index (χ3n) is 4.23. The monoisotopic (exact) mass is 516 g/mol. The summed E-state index contributed by atoms with van der Waals surface area (Å²) in [5.74, 6) is 0.269. The van der Waals surface area contributed by atoms with E-state index in [2.05, 4.69) is 10.3 Å². The molecule has 1 fully saturated rings. The molecular formula is C21H10Cl3F3N2O2S. The Kier molecular flexibility index (Phi) is 6.31. The van der Waals surface area contributed by atoms with Crippen molar-refractivity contribution in [1.29, 1.82) is 0 Å². The summed E-state index contributed by atoms with van der Waals surface area (Å²) in [7, 11) is 0. The van der Waals surface area contributed by atoms with E-state index in [1.54, 1.807) is 30.3 Å². The van der Waals surface area contributed by atoms with Crippen LogP contribution in [0.15, 0.2) is 62.8 Å². The minimum atomic E-state index is -4.65. The first-order valence-corrected chi connectivity index (χ1v) is 10.8. The zero-order chi connectivity index (χ0) is 23.0.